The summed E-state index contributed by atoms with van der Waals surface area (Å²) in [5.41, 5.74) is 3.51. The first-order valence-corrected chi connectivity index (χ1v) is 7.75. The minimum Gasteiger partial charge on any atom is -0.379 e. The third kappa shape index (κ3) is 4.30. The van der Waals surface area contributed by atoms with Gasteiger partial charge >= 0.3 is 0 Å². The Labute approximate surface area is 126 Å². The normalized spacial score (nSPS) is 11.0. The highest BCUT2D eigenvalue weighted by molar-refractivity contribution is 9.11. The zero-order chi connectivity index (χ0) is 13.8. The van der Waals surface area contributed by atoms with Gasteiger partial charge in [0.1, 0.15) is 0 Å². The van der Waals surface area contributed by atoms with Crippen LogP contribution in [-0.4, -0.2) is 24.0 Å². The minimum atomic E-state index is 0.748. The number of anilines is 1. The Hall–Kier alpha value is -0.910. The molecule has 0 fully saturated rings. The molecule has 2 rings (SSSR count). The molecule has 0 bridgehead atoms. The highest BCUT2D eigenvalue weighted by atomic mass is 79.9. The van der Waals surface area contributed by atoms with Crippen LogP contribution in [0.25, 0.3) is 0 Å². The summed E-state index contributed by atoms with van der Waals surface area (Å²) in [5, 5.41) is 4.48. The van der Waals surface area contributed by atoms with Gasteiger partial charge in [-0.05, 0) is 54.6 Å². The van der Waals surface area contributed by atoms with E-state index in [2.05, 4.69) is 69.5 Å². The number of nitrogens with zero attached hydrogens (tertiary/aromatic N) is 2. The molecule has 0 aliphatic heterocycles. The fraction of sp³-hybridized carbons (Fsp3) is 0.357. The van der Waals surface area contributed by atoms with Crippen molar-refractivity contribution in [3.8, 4) is 0 Å². The van der Waals surface area contributed by atoms with E-state index in [1.54, 1.807) is 11.3 Å². The van der Waals surface area contributed by atoms with Crippen LogP contribution in [-0.2, 0) is 13.1 Å². The molecule has 102 valence electrons. The quantitative estimate of drug-likeness (QED) is 0.895. The van der Waals surface area contributed by atoms with Crippen molar-refractivity contribution in [1.29, 1.82) is 0 Å². The van der Waals surface area contributed by atoms with Crippen LogP contribution in [0.5, 0.6) is 0 Å². The lowest BCUT2D eigenvalue weighted by Crippen LogP contribution is -2.10. The second kappa shape index (κ2) is 6.50. The van der Waals surface area contributed by atoms with Crippen LogP contribution in [0, 0.1) is 6.92 Å². The number of aryl methyl sites for hydroxylation is 1. The third-order valence-corrected chi connectivity index (χ3v) is 4.41. The van der Waals surface area contributed by atoms with Gasteiger partial charge in [-0.25, -0.2) is 4.98 Å². The number of hydrogen-bond acceptors (Lipinski definition) is 4. The summed E-state index contributed by atoms with van der Waals surface area (Å²) >= 11 is 5.21. The average molecular weight is 340 g/mol. The maximum absolute atomic E-state index is 4.48. The summed E-state index contributed by atoms with van der Waals surface area (Å²) in [7, 11) is 4.16. The number of rotatable bonds is 5. The van der Waals surface area contributed by atoms with Crippen LogP contribution < -0.4 is 5.32 Å². The third-order valence-electron chi connectivity index (χ3n) is 2.67. The van der Waals surface area contributed by atoms with E-state index in [0.29, 0.717) is 0 Å². The number of hydrogen-bond donors (Lipinski definition) is 1. The van der Waals surface area contributed by atoms with Crippen molar-refractivity contribution in [3.63, 3.8) is 0 Å². The van der Waals surface area contributed by atoms with Gasteiger partial charge in [0.05, 0.1) is 21.0 Å². The number of thiazole rings is 1. The summed E-state index contributed by atoms with van der Waals surface area (Å²) < 4.78 is 1.11. The molecule has 0 aliphatic rings. The largest absolute Gasteiger partial charge is 0.379 e. The van der Waals surface area contributed by atoms with Gasteiger partial charge in [-0.2, -0.15) is 0 Å². The molecule has 0 aliphatic carbocycles. The molecular formula is C14H18BrN3S. The molecule has 19 heavy (non-hydrogen) atoms. The predicted molar refractivity (Wildman–Crippen MR) is 85.7 cm³/mol. The fourth-order valence-corrected chi connectivity index (χ4v) is 3.42. The van der Waals surface area contributed by atoms with Crippen LogP contribution in [0.4, 0.5) is 5.69 Å². The molecule has 3 nitrogen and oxygen atoms in total. The Morgan fingerprint density at radius 2 is 1.95 bits per heavy atom. The maximum Gasteiger partial charge on any atom is 0.0950 e. The van der Waals surface area contributed by atoms with Crippen LogP contribution in [0.3, 0.4) is 0 Å². The molecule has 1 N–H and O–H groups in total. The molecule has 5 heteroatoms. The summed E-state index contributed by atoms with van der Waals surface area (Å²) in [6.45, 7) is 3.74. The van der Waals surface area contributed by atoms with Crippen LogP contribution in [0.15, 0.2) is 28.1 Å². The minimum absolute atomic E-state index is 0.748. The number of benzene rings is 1. The van der Waals surface area contributed by atoms with E-state index in [4.69, 9.17) is 0 Å². The molecule has 0 unspecified atom stereocenters. The Bertz CT molecular complexity index is 534. The molecule has 0 radical (unpaired) electrons. The molecule has 1 heterocycles. The van der Waals surface area contributed by atoms with Crippen molar-refractivity contribution in [2.45, 2.75) is 20.0 Å². The average Bonchev–Trinajstić information content (AvgIpc) is 2.66. The second-order valence-electron chi connectivity index (χ2n) is 4.74. The van der Waals surface area contributed by atoms with Gasteiger partial charge in [0.15, 0.2) is 0 Å². The molecule has 0 atom stereocenters. The first kappa shape index (κ1) is 14.5. The molecule has 1 aromatic carbocycles. The first-order valence-electron chi connectivity index (χ1n) is 6.14. The second-order valence-corrected chi connectivity index (χ2v) is 7.26. The smallest absolute Gasteiger partial charge is 0.0950 e. The maximum atomic E-state index is 4.48. The van der Waals surface area contributed by atoms with E-state index in [1.165, 1.54) is 5.56 Å². The van der Waals surface area contributed by atoms with Crippen molar-refractivity contribution < 1.29 is 0 Å². The van der Waals surface area contributed by atoms with E-state index in [-0.39, 0.29) is 0 Å². The molecule has 0 amide bonds. The van der Waals surface area contributed by atoms with Crippen molar-refractivity contribution >= 4 is 33.0 Å². The Balaban J connectivity index is 1.94. The number of halogens is 1. The lowest BCUT2D eigenvalue weighted by Gasteiger charge is -2.10. The Kier molecular flexibility index (Phi) is 4.96. The van der Waals surface area contributed by atoms with Crippen molar-refractivity contribution in [1.82, 2.24) is 9.88 Å². The highest BCUT2D eigenvalue weighted by Crippen LogP contribution is 2.25. The zero-order valence-electron chi connectivity index (χ0n) is 11.4. The van der Waals surface area contributed by atoms with Gasteiger partial charge in [0.25, 0.3) is 0 Å². The summed E-state index contributed by atoms with van der Waals surface area (Å²) in [4.78, 5) is 6.65. The zero-order valence-corrected chi connectivity index (χ0v) is 13.8. The number of nitrogens with one attached hydrogen (secondary N) is 1. The lowest BCUT2D eigenvalue weighted by atomic mass is 10.2. The molecule has 0 saturated heterocycles. The van der Waals surface area contributed by atoms with Gasteiger partial charge in [-0.1, -0.05) is 12.1 Å². The topological polar surface area (TPSA) is 28.2 Å². The van der Waals surface area contributed by atoms with E-state index in [9.17, 15) is 0 Å². The van der Waals surface area contributed by atoms with E-state index < -0.39 is 0 Å². The standard InChI is InChI=1S/C14H18BrN3S/c1-10-17-13(14(15)19-10)8-16-12-6-4-11(5-7-12)9-18(2)3/h4-7,16H,8-9H2,1-3H3. The van der Waals surface area contributed by atoms with Gasteiger partial charge in [-0.3, -0.25) is 0 Å². The first-order chi connectivity index (χ1) is 9.04. The predicted octanol–water partition coefficient (Wildman–Crippen LogP) is 3.89. The van der Waals surface area contributed by atoms with Crippen molar-refractivity contribution in [2.75, 3.05) is 19.4 Å². The Morgan fingerprint density at radius 1 is 1.26 bits per heavy atom. The fourth-order valence-electron chi connectivity index (χ4n) is 1.83. The van der Waals surface area contributed by atoms with E-state index in [1.807, 2.05) is 6.92 Å². The van der Waals surface area contributed by atoms with Crippen molar-refractivity contribution in [3.05, 3.63) is 44.3 Å². The van der Waals surface area contributed by atoms with Gasteiger partial charge in [-0.15, -0.1) is 11.3 Å². The Morgan fingerprint density at radius 3 is 2.47 bits per heavy atom. The van der Waals surface area contributed by atoms with Crippen molar-refractivity contribution in [2.24, 2.45) is 0 Å². The highest BCUT2D eigenvalue weighted by Gasteiger charge is 2.05. The van der Waals surface area contributed by atoms with E-state index >= 15 is 0 Å². The van der Waals surface area contributed by atoms with Crippen LogP contribution in [0.1, 0.15) is 16.3 Å². The SMILES string of the molecule is Cc1nc(CNc2ccc(CN(C)C)cc2)c(Br)s1. The van der Waals surface area contributed by atoms with Gasteiger partial charge in [0.2, 0.25) is 0 Å². The summed E-state index contributed by atoms with van der Waals surface area (Å²) in [6.07, 6.45) is 0. The molecule has 1 aromatic heterocycles. The summed E-state index contributed by atoms with van der Waals surface area (Å²) in [6, 6.07) is 8.55. The molecule has 2 aromatic rings. The monoisotopic (exact) mass is 339 g/mol. The molecule has 0 saturated carbocycles. The van der Waals surface area contributed by atoms with Crippen LogP contribution in [0.2, 0.25) is 0 Å². The number of aromatic nitrogens is 1. The molecule has 0 spiro atoms. The summed E-state index contributed by atoms with van der Waals surface area (Å²) in [5.74, 6) is 0. The van der Waals surface area contributed by atoms with E-state index in [0.717, 1.165) is 33.3 Å². The lowest BCUT2D eigenvalue weighted by molar-refractivity contribution is 0.402. The van der Waals surface area contributed by atoms with Gasteiger partial charge < -0.3 is 10.2 Å². The van der Waals surface area contributed by atoms with Crippen LogP contribution >= 0.6 is 27.3 Å². The molecular weight excluding hydrogens is 322 g/mol. The van der Waals surface area contributed by atoms with Gasteiger partial charge in [0, 0.05) is 12.2 Å².